The molecule has 2 fully saturated rings. The summed E-state index contributed by atoms with van der Waals surface area (Å²) in [5.74, 6) is 0.0267. The van der Waals surface area contributed by atoms with Crippen molar-refractivity contribution >= 4 is 30.7 Å². The van der Waals surface area contributed by atoms with Crippen LogP contribution >= 0.6 is 24.8 Å². The normalized spacial score (nSPS) is 26.4. The first-order valence-corrected chi connectivity index (χ1v) is 8.58. The molecule has 5 nitrogen and oxygen atoms in total. The highest BCUT2D eigenvalue weighted by Gasteiger charge is 2.22. The lowest BCUT2D eigenvalue weighted by Crippen LogP contribution is -2.44. The molecule has 1 aromatic carbocycles. The largest absolute Gasteiger partial charge is 0.373 e. The van der Waals surface area contributed by atoms with E-state index in [9.17, 15) is 4.79 Å². The third kappa shape index (κ3) is 6.42. The van der Waals surface area contributed by atoms with Crippen molar-refractivity contribution in [1.29, 1.82) is 0 Å². The minimum atomic E-state index is 0. The molecule has 0 aliphatic carbocycles. The molecule has 2 aliphatic rings. The number of nitrogens with zero attached hydrogens (tertiary/aromatic N) is 1. The first kappa shape index (κ1) is 22.2. The van der Waals surface area contributed by atoms with Gasteiger partial charge in [0, 0.05) is 37.8 Å². The number of benzene rings is 1. The van der Waals surface area contributed by atoms with Gasteiger partial charge in [-0.25, -0.2) is 0 Å². The molecule has 2 heterocycles. The summed E-state index contributed by atoms with van der Waals surface area (Å²) in [6.07, 6.45) is 1.57. The van der Waals surface area contributed by atoms with Gasteiger partial charge in [-0.05, 0) is 44.5 Å². The zero-order valence-corrected chi connectivity index (χ0v) is 16.5. The Morgan fingerprint density at radius 2 is 1.84 bits per heavy atom. The first-order chi connectivity index (χ1) is 11.1. The van der Waals surface area contributed by atoms with E-state index in [1.54, 1.807) is 0 Å². The lowest BCUT2D eigenvalue weighted by atomic mass is 10.1. The molecule has 2 saturated heterocycles. The van der Waals surface area contributed by atoms with Gasteiger partial charge in [0.05, 0.1) is 12.2 Å². The van der Waals surface area contributed by atoms with Gasteiger partial charge in [-0.15, -0.1) is 24.8 Å². The van der Waals surface area contributed by atoms with E-state index in [0.29, 0.717) is 0 Å². The maximum atomic E-state index is 12.2. The highest BCUT2D eigenvalue weighted by Crippen LogP contribution is 2.15. The zero-order chi connectivity index (χ0) is 16.2. The third-order valence-corrected chi connectivity index (χ3v) is 4.51. The molecule has 3 atom stereocenters. The van der Waals surface area contributed by atoms with Crippen LogP contribution in [0.4, 0.5) is 0 Å². The number of nitrogens with one attached hydrogen (secondary N) is 2. The maximum absolute atomic E-state index is 12.2. The van der Waals surface area contributed by atoms with E-state index in [0.717, 1.165) is 44.7 Å². The van der Waals surface area contributed by atoms with Crippen LogP contribution < -0.4 is 10.6 Å². The molecule has 25 heavy (non-hydrogen) atoms. The van der Waals surface area contributed by atoms with Gasteiger partial charge in [-0.2, -0.15) is 0 Å². The number of carbonyl (C=O) groups excluding carboxylic acids is 1. The number of hydrogen-bond donors (Lipinski definition) is 2. The third-order valence-electron chi connectivity index (χ3n) is 4.51. The highest BCUT2D eigenvalue weighted by molar-refractivity contribution is 5.94. The van der Waals surface area contributed by atoms with Crippen LogP contribution in [0.2, 0.25) is 0 Å². The minimum Gasteiger partial charge on any atom is -0.373 e. The molecule has 0 radical (unpaired) electrons. The van der Waals surface area contributed by atoms with Gasteiger partial charge in [-0.3, -0.25) is 9.69 Å². The van der Waals surface area contributed by atoms with Crippen molar-refractivity contribution in [2.75, 3.05) is 26.2 Å². The molecule has 0 spiro atoms. The van der Waals surface area contributed by atoms with E-state index >= 15 is 0 Å². The molecule has 1 aromatic rings. The van der Waals surface area contributed by atoms with E-state index in [2.05, 4.69) is 41.5 Å². The second kappa shape index (κ2) is 10.3. The number of hydrogen-bond acceptors (Lipinski definition) is 4. The topological polar surface area (TPSA) is 53.6 Å². The molecule has 2 aliphatic heterocycles. The van der Waals surface area contributed by atoms with Crippen LogP contribution in [0.3, 0.4) is 0 Å². The van der Waals surface area contributed by atoms with E-state index in [1.807, 2.05) is 12.1 Å². The predicted octanol–water partition coefficient (Wildman–Crippen LogP) is 2.23. The Balaban J connectivity index is 0.00000156. The summed E-state index contributed by atoms with van der Waals surface area (Å²) in [7, 11) is 0. The van der Waals surface area contributed by atoms with Crippen LogP contribution in [0, 0.1) is 0 Å². The molecule has 7 heteroatoms. The molecule has 0 saturated carbocycles. The molecular weight excluding hydrogens is 361 g/mol. The van der Waals surface area contributed by atoms with Crippen molar-refractivity contribution < 1.29 is 9.53 Å². The average molecular weight is 390 g/mol. The van der Waals surface area contributed by atoms with Crippen LogP contribution in [0.15, 0.2) is 24.3 Å². The van der Waals surface area contributed by atoms with E-state index in [1.165, 1.54) is 5.56 Å². The second-order valence-corrected chi connectivity index (χ2v) is 6.81. The van der Waals surface area contributed by atoms with Crippen molar-refractivity contribution in [2.45, 2.75) is 45.1 Å². The Bertz CT molecular complexity index is 526. The van der Waals surface area contributed by atoms with Gasteiger partial charge in [-0.1, -0.05) is 12.1 Å². The van der Waals surface area contributed by atoms with E-state index in [-0.39, 0.29) is 49.0 Å². The molecule has 1 amide bonds. The van der Waals surface area contributed by atoms with Gasteiger partial charge >= 0.3 is 0 Å². The number of halogens is 2. The molecule has 3 unspecified atom stereocenters. The zero-order valence-electron chi connectivity index (χ0n) is 14.9. The standard InChI is InChI=1S/C18H27N3O2.2ClH/c1-13-10-21(11-14(2)23-13)12-15-3-5-16(6-4-15)18(22)20-17-7-8-19-9-17;;/h3-6,13-14,17,19H,7-12H2,1-2H3,(H,20,22);2*1H. The number of rotatable bonds is 4. The van der Waals surface area contributed by atoms with Crippen molar-refractivity contribution in [3.63, 3.8) is 0 Å². The summed E-state index contributed by atoms with van der Waals surface area (Å²) in [5, 5.41) is 6.34. The van der Waals surface area contributed by atoms with E-state index in [4.69, 9.17) is 4.74 Å². The number of morpholine rings is 1. The van der Waals surface area contributed by atoms with Crippen molar-refractivity contribution in [3.05, 3.63) is 35.4 Å². The molecule has 3 rings (SSSR count). The maximum Gasteiger partial charge on any atom is 0.251 e. The summed E-state index contributed by atoms with van der Waals surface area (Å²) in [5.41, 5.74) is 1.98. The van der Waals surface area contributed by atoms with Crippen LogP contribution in [0.1, 0.15) is 36.2 Å². The molecule has 2 N–H and O–H groups in total. The lowest BCUT2D eigenvalue weighted by Gasteiger charge is -2.35. The summed E-state index contributed by atoms with van der Waals surface area (Å²) in [4.78, 5) is 14.6. The van der Waals surface area contributed by atoms with E-state index < -0.39 is 0 Å². The molecular formula is C18H29Cl2N3O2. The fraction of sp³-hybridized carbons (Fsp3) is 0.611. The fourth-order valence-electron chi connectivity index (χ4n) is 3.48. The Kier molecular flexibility index (Phi) is 9.17. The van der Waals surface area contributed by atoms with Gasteiger partial charge in [0.1, 0.15) is 0 Å². The SMILES string of the molecule is CC1CN(Cc2ccc(C(=O)NC3CCNC3)cc2)CC(C)O1.Cl.Cl. The Morgan fingerprint density at radius 3 is 2.40 bits per heavy atom. The molecule has 0 aromatic heterocycles. The summed E-state index contributed by atoms with van der Waals surface area (Å²) >= 11 is 0. The Morgan fingerprint density at radius 1 is 1.20 bits per heavy atom. The van der Waals surface area contributed by atoms with Crippen molar-refractivity contribution in [1.82, 2.24) is 15.5 Å². The average Bonchev–Trinajstić information content (AvgIpc) is 3.00. The summed E-state index contributed by atoms with van der Waals surface area (Å²) < 4.78 is 5.77. The molecule has 142 valence electrons. The number of amides is 1. The summed E-state index contributed by atoms with van der Waals surface area (Å²) in [6, 6.07) is 8.25. The van der Waals surface area contributed by atoms with Gasteiger partial charge in [0.25, 0.3) is 5.91 Å². The van der Waals surface area contributed by atoms with Crippen LogP contribution in [0.25, 0.3) is 0 Å². The second-order valence-electron chi connectivity index (χ2n) is 6.81. The minimum absolute atomic E-state index is 0. The van der Waals surface area contributed by atoms with Gasteiger partial charge in [0.2, 0.25) is 0 Å². The van der Waals surface area contributed by atoms with Crippen LogP contribution in [0.5, 0.6) is 0 Å². The number of ether oxygens (including phenoxy) is 1. The Labute approximate surface area is 162 Å². The first-order valence-electron chi connectivity index (χ1n) is 8.58. The summed E-state index contributed by atoms with van der Waals surface area (Å²) in [6.45, 7) is 8.93. The number of carbonyl (C=O) groups is 1. The molecule has 0 bridgehead atoms. The van der Waals surface area contributed by atoms with Crippen LogP contribution in [-0.2, 0) is 11.3 Å². The predicted molar refractivity (Wildman–Crippen MR) is 105 cm³/mol. The van der Waals surface area contributed by atoms with Crippen molar-refractivity contribution in [3.8, 4) is 0 Å². The lowest BCUT2D eigenvalue weighted by molar-refractivity contribution is -0.0704. The highest BCUT2D eigenvalue weighted by atomic mass is 35.5. The quantitative estimate of drug-likeness (QED) is 0.828. The smallest absolute Gasteiger partial charge is 0.251 e. The fourth-order valence-corrected chi connectivity index (χ4v) is 3.48. The monoisotopic (exact) mass is 389 g/mol. The van der Waals surface area contributed by atoms with Gasteiger partial charge in [0.15, 0.2) is 0 Å². The van der Waals surface area contributed by atoms with Crippen LogP contribution in [-0.4, -0.2) is 55.2 Å². The Hall–Kier alpha value is -0.850. The van der Waals surface area contributed by atoms with Crippen molar-refractivity contribution in [2.24, 2.45) is 0 Å². The van der Waals surface area contributed by atoms with Gasteiger partial charge < -0.3 is 15.4 Å².